The molecule has 0 spiro atoms. The van der Waals surface area contributed by atoms with Gasteiger partial charge in [0.15, 0.2) is 0 Å². The van der Waals surface area contributed by atoms with Crippen molar-refractivity contribution in [2.75, 3.05) is 0 Å². The van der Waals surface area contributed by atoms with Crippen molar-refractivity contribution < 1.29 is 15.0 Å². The summed E-state index contributed by atoms with van der Waals surface area (Å²) in [4.78, 5) is 25.9. The maximum absolute atomic E-state index is 11.8. The van der Waals surface area contributed by atoms with Gasteiger partial charge < -0.3 is 15.2 Å². The number of carboxylic acids is 1. The fourth-order valence-electron chi connectivity index (χ4n) is 1.60. The molecule has 1 heterocycles. The van der Waals surface area contributed by atoms with Gasteiger partial charge in [-0.3, -0.25) is 4.79 Å². The third kappa shape index (κ3) is 2.79. The predicted octanol–water partition coefficient (Wildman–Crippen LogP) is 2.24. The van der Waals surface area contributed by atoms with Gasteiger partial charge in [-0.15, -0.1) is 0 Å². The molecule has 0 saturated carbocycles. The van der Waals surface area contributed by atoms with E-state index in [-0.39, 0.29) is 16.2 Å². The summed E-state index contributed by atoms with van der Waals surface area (Å²) in [5.74, 6) is -1.24. The largest absolute Gasteiger partial charge is 0.506 e. The van der Waals surface area contributed by atoms with Crippen molar-refractivity contribution in [3.63, 3.8) is 0 Å². The molecule has 0 aliphatic carbocycles. The van der Waals surface area contributed by atoms with Gasteiger partial charge in [0, 0.05) is 16.7 Å². The first kappa shape index (κ1) is 13.2. The minimum absolute atomic E-state index is 0.0827. The van der Waals surface area contributed by atoms with E-state index in [1.54, 1.807) is 25.1 Å². The molecule has 0 bridgehead atoms. The number of hydrogen-bond donors (Lipinski definition) is 3. The Labute approximate surface area is 112 Å². The van der Waals surface area contributed by atoms with E-state index >= 15 is 0 Å². The molecular formula is C13H11NO4S. The summed E-state index contributed by atoms with van der Waals surface area (Å²) < 4.78 is 0. The minimum Gasteiger partial charge on any atom is -0.506 e. The first-order valence-corrected chi connectivity index (χ1v) is 6.23. The van der Waals surface area contributed by atoms with Gasteiger partial charge in [0.25, 0.3) is 5.56 Å². The Morgan fingerprint density at radius 1 is 1.32 bits per heavy atom. The highest BCUT2D eigenvalue weighted by molar-refractivity contribution is 7.99. The van der Waals surface area contributed by atoms with Gasteiger partial charge >= 0.3 is 5.97 Å². The molecule has 5 nitrogen and oxygen atoms in total. The third-order valence-corrected chi connectivity index (χ3v) is 3.61. The first-order chi connectivity index (χ1) is 8.99. The number of aromatic carboxylic acids is 1. The van der Waals surface area contributed by atoms with Crippen LogP contribution in [0.3, 0.4) is 0 Å². The Hall–Kier alpha value is -2.21. The fourth-order valence-corrected chi connectivity index (χ4v) is 2.54. The summed E-state index contributed by atoms with van der Waals surface area (Å²) in [7, 11) is 0. The molecule has 19 heavy (non-hydrogen) atoms. The van der Waals surface area contributed by atoms with E-state index in [9.17, 15) is 14.7 Å². The van der Waals surface area contributed by atoms with Crippen LogP contribution in [0.15, 0.2) is 44.9 Å². The van der Waals surface area contributed by atoms with Gasteiger partial charge in [-0.1, -0.05) is 23.9 Å². The topological polar surface area (TPSA) is 90.4 Å². The number of carboxylic acid groups (broad SMARTS) is 1. The molecule has 1 aromatic heterocycles. The van der Waals surface area contributed by atoms with Gasteiger partial charge in [0.1, 0.15) is 10.6 Å². The normalized spacial score (nSPS) is 10.4. The molecule has 0 aliphatic heterocycles. The molecule has 0 amide bonds. The maximum atomic E-state index is 11.8. The lowest BCUT2D eigenvalue weighted by Crippen LogP contribution is -2.09. The van der Waals surface area contributed by atoms with Crippen LogP contribution in [0, 0.1) is 6.92 Å². The number of aryl methyl sites for hydroxylation is 1. The van der Waals surface area contributed by atoms with Gasteiger partial charge in [0.2, 0.25) is 0 Å². The van der Waals surface area contributed by atoms with Crippen molar-refractivity contribution in [1.29, 1.82) is 0 Å². The molecule has 1 aromatic carbocycles. The van der Waals surface area contributed by atoms with Gasteiger partial charge in [0.05, 0.1) is 5.56 Å². The molecule has 0 unspecified atom stereocenters. The molecule has 2 rings (SSSR count). The van der Waals surface area contributed by atoms with E-state index in [0.717, 1.165) is 11.8 Å². The Kier molecular flexibility index (Phi) is 3.62. The number of aromatic amines is 1. The van der Waals surface area contributed by atoms with Crippen LogP contribution in [0.4, 0.5) is 0 Å². The zero-order valence-electron chi connectivity index (χ0n) is 10.0. The van der Waals surface area contributed by atoms with Gasteiger partial charge in [-0.25, -0.2) is 4.79 Å². The Bertz CT molecular complexity index is 693. The molecule has 3 N–H and O–H groups in total. The van der Waals surface area contributed by atoms with Crippen molar-refractivity contribution in [3.8, 4) is 5.75 Å². The van der Waals surface area contributed by atoms with Gasteiger partial charge in [-0.2, -0.15) is 0 Å². The Morgan fingerprint density at radius 2 is 2.00 bits per heavy atom. The monoisotopic (exact) mass is 277 g/mol. The van der Waals surface area contributed by atoms with Crippen molar-refractivity contribution in [2.45, 2.75) is 16.7 Å². The van der Waals surface area contributed by atoms with E-state index < -0.39 is 11.5 Å². The number of nitrogens with one attached hydrogen (secondary N) is 1. The van der Waals surface area contributed by atoms with Crippen molar-refractivity contribution >= 4 is 17.7 Å². The quantitative estimate of drug-likeness (QED) is 0.800. The summed E-state index contributed by atoms with van der Waals surface area (Å²) >= 11 is 0.930. The van der Waals surface area contributed by atoms with Crippen LogP contribution in [0.1, 0.15) is 16.1 Å². The highest BCUT2D eigenvalue weighted by Crippen LogP contribution is 2.33. The van der Waals surface area contributed by atoms with E-state index in [2.05, 4.69) is 4.98 Å². The molecule has 6 heteroatoms. The molecule has 0 atom stereocenters. The summed E-state index contributed by atoms with van der Waals surface area (Å²) in [5.41, 5.74) is 0.188. The average Bonchev–Trinajstić information content (AvgIpc) is 2.34. The van der Waals surface area contributed by atoms with Crippen molar-refractivity contribution in [2.24, 2.45) is 0 Å². The van der Waals surface area contributed by atoms with Crippen LogP contribution >= 0.6 is 11.8 Å². The van der Waals surface area contributed by atoms with Crippen LogP contribution in [-0.2, 0) is 0 Å². The van der Waals surface area contributed by atoms with Crippen LogP contribution in [0.2, 0.25) is 0 Å². The first-order valence-electron chi connectivity index (χ1n) is 5.42. The Morgan fingerprint density at radius 3 is 2.63 bits per heavy atom. The number of benzene rings is 1. The second kappa shape index (κ2) is 5.19. The van der Waals surface area contributed by atoms with Crippen molar-refractivity contribution in [1.82, 2.24) is 4.98 Å². The van der Waals surface area contributed by atoms with E-state index in [1.807, 2.05) is 0 Å². The number of hydrogen-bond acceptors (Lipinski definition) is 4. The summed E-state index contributed by atoms with van der Waals surface area (Å²) in [6.07, 6.45) is 0. The number of aromatic nitrogens is 1. The molecule has 0 aliphatic rings. The van der Waals surface area contributed by atoms with Crippen LogP contribution in [-0.4, -0.2) is 21.2 Å². The number of rotatable bonds is 3. The molecular weight excluding hydrogens is 266 g/mol. The lowest BCUT2D eigenvalue weighted by Gasteiger charge is -2.07. The smallest absolute Gasteiger partial charge is 0.336 e. The van der Waals surface area contributed by atoms with E-state index in [1.165, 1.54) is 12.1 Å². The zero-order chi connectivity index (χ0) is 14.0. The molecule has 0 radical (unpaired) electrons. The summed E-state index contributed by atoms with van der Waals surface area (Å²) in [6, 6.07) is 7.74. The Balaban J connectivity index is 2.48. The highest BCUT2D eigenvalue weighted by atomic mass is 32.2. The number of H-pyrrole nitrogens is 1. The average molecular weight is 277 g/mol. The third-order valence-electron chi connectivity index (χ3n) is 2.43. The zero-order valence-corrected chi connectivity index (χ0v) is 10.8. The lowest BCUT2D eigenvalue weighted by molar-refractivity contribution is 0.0693. The number of carbonyl (C=O) groups is 1. The van der Waals surface area contributed by atoms with Crippen molar-refractivity contribution in [3.05, 3.63) is 51.9 Å². The predicted molar refractivity (Wildman–Crippen MR) is 71.0 cm³/mol. The lowest BCUT2D eigenvalue weighted by atomic mass is 10.2. The molecule has 2 aromatic rings. The van der Waals surface area contributed by atoms with E-state index in [4.69, 9.17) is 5.11 Å². The SMILES string of the molecule is Cc1cc(O)c(Sc2ccccc2C(=O)O)c(=O)[nH]1. The van der Waals surface area contributed by atoms with Crippen LogP contribution in [0.5, 0.6) is 5.75 Å². The standard InChI is InChI=1S/C13H11NO4S/c1-7-6-9(15)11(12(16)14-7)19-10-5-3-2-4-8(10)13(17)18/h2-6H,1H3,(H,17,18)(H2,14,15,16). The number of pyridine rings is 1. The van der Waals surface area contributed by atoms with E-state index in [0.29, 0.717) is 10.6 Å². The summed E-state index contributed by atoms with van der Waals surface area (Å²) in [5, 5.41) is 18.8. The summed E-state index contributed by atoms with van der Waals surface area (Å²) in [6.45, 7) is 1.65. The number of aromatic hydroxyl groups is 1. The maximum Gasteiger partial charge on any atom is 0.336 e. The minimum atomic E-state index is -1.08. The fraction of sp³-hybridized carbons (Fsp3) is 0.0769. The highest BCUT2D eigenvalue weighted by Gasteiger charge is 2.15. The molecule has 0 fully saturated rings. The van der Waals surface area contributed by atoms with Crippen LogP contribution in [0.25, 0.3) is 0 Å². The molecule has 98 valence electrons. The second-order valence-electron chi connectivity index (χ2n) is 3.90. The van der Waals surface area contributed by atoms with Gasteiger partial charge in [-0.05, 0) is 19.1 Å². The second-order valence-corrected chi connectivity index (χ2v) is 4.95. The van der Waals surface area contributed by atoms with Crippen LogP contribution < -0.4 is 5.56 Å². The molecule has 0 saturated heterocycles.